The van der Waals surface area contributed by atoms with Crippen LogP contribution in [0.25, 0.3) is 23.0 Å². The van der Waals surface area contributed by atoms with Crippen LogP contribution >= 0.6 is 11.6 Å². The summed E-state index contributed by atoms with van der Waals surface area (Å²) in [5.41, 5.74) is 3.59. The van der Waals surface area contributed by atoms with Gasteiger partial charge in [-0.1, -0.05) is 23.7 Å². The fourth-order valence-electron chi connectivity index (χ4n) is 4.89. The third-order valence-electron chi connectivity index (χ3n) is 7.05. The molecule has 2 amide bonds. The quantitative estimate of drug-likeness (QED) is 0.249. The minimum atomic E-state index is -0.749. The molecule has 11 nitrogen and oxygen atoms in total. The van der Waals surface area contributed by atoms with E-state index in [9.17, 15) is 14.0 Å². The molecule has 0 saturated carbocycles. The van der Waals surface area contributed by atoms with Gasteiger partial charge < -0.3 is 15.6 Å². The van der Waals surface area contributed by atoms with Crippen LogP contribution in [0.5, 0.6) is 0 Å². The van der Waals surface area contributed by atoms with E-state index in [1.807, 2.05) is 25.1 Å². The van der Waals surface area contributed by atoms with Crippen LogP contribution in [-0.4, -0.2) is 47.0 Å². The SMILES string of the molecule is Cc1ccc2c(c1)NC(=O)CCc1nc(ccc1F)CC(NC(=O)/C=C/c1c(-n3cnnn3)ccc(Cl)c1F)c1nc-2c[nH]1. The van der Waals surface area contributed by atoms with E-state index in [0.29, 0.717) is 28.5 Å². The molecule has 3 aromatic heterocycles. The number of hydrogen-bond acceptors (Lipinski definition) is 7. The molecule has 1 unspecified atom stereocenters. The summed E-state index contributed by atoms with van der Waals surface area (Å²) in [4.78, 5) is 38.3. The van der Waals surface area contributed by atoms with Gasteiger partial charge in [0.2, 0.25) is 11.8 Å². The van der Waals surface area contributed by atoms with Gasteiger partial charge in [-0.2, -0.15) is 4.68 Å². The van der Waals surface area contributed by atoms with Gasteiger partial charge in [0.25, 0.3) is 0 Å². The second kappa shape index (κ2) is 12.1. The average molecular weight is 616 g/mol. The predicted octanol–water partition coefficient (Wildman–Crippen LogP) is 4.69. The number of pyridine rings is 1. The molecule has 0 spiro atoms. The summed E-state index contributed by atoms with van der Waals surface area (Å²) >= 11 is 6.01. The number of nitrogens with zero attached hydrogens (tertiary/aromatic N) is 6. The Hall–Kier alpha value is -5.30. The Bertz CT molecular complexity index is 1910. The van der Waals surface area contributed by atoms with Gasteiger partial charge in [-0.25, -0.2) is 13.8 Å². The van der Waals surface area contributed by atoms with Crippen molar-refractivity contribution in [2.75, 3.05) is 5.32 Å². The molecule has 2 aromatic carbocycles. The Labute approximate surface area is 254 Å². The Kier molecular flexibility index (Phi) is 7.94. The molecule has 0 radical (unpaired) electrons. The first-order chi connectivity index (χ1) is 21.2. The largest absolute Gasteiger partial charge is 0.346 e. The van der Waals surface area contributed by atoms with Crippen molar-refractivity contribution in [3.63, 3.8) is 0 Å². The zero-order valence-electron chi connectivity index (χ0n) is 23.2. The summed E-state index contributed by atoms with van der Waals surface area (Å²) in [7, 11) is 0. The molecule has 1 aliphatic rings. The smallest absolute Gasteiger partial charge is 0.244 e. The van der Waals surface area contributed by atoms with Crippen molar-refractivity contribution in [2.24, 2.45) is 0 Å². The summed E-state index contributed by atoms with van der Waals surface area (Å²) in [5.74, 6) is -1.74. The molecular formula is C30H24ClF2N9O2. The minimum absolute atomic E-state index is 0.00466. The van der Waals surface area contributed by atoms with Crippen LogP contribution < -0.4 is 10.6 Å². The number of amides is 2. The molecule has 4 heterocycles. The molecule has 14 heteroatoms. The van der Waals surface area contributed by atoms with Crippen LogP contribution in [0.15, 0.2) is 61.1 Å². The van der Waals surface area contributed by atoms with Gasteiger partial charge in [0.05, 0.1) is 33.8 Å². The number of hydrogen-bond donors (Lipinski definition) is 3. The van der Waals surface area contributed by atoms with Crippen molar-refractivity contribution in [2.45, 2.75) is 32.2 Å². The third-order valence-corrected chi connectivity index (χ3v) is 7.35. The van der Waals surface area contributed by atoms with Crippen molar-refractivity contribution < 1.29 is 18.4 Å². The summed E-state index contributed by atoms with van der Waals surface area (Å²) in [6.07, 6.45) is 5.65. The van der Waals surface area contributed by atoms with Gasteiger partial charge in [0.15, 0.2) is 5.82 Å². The number of aromatic amines is 1. The molecule has 0 saturated heterocycles. The fraction of sp³-hybridized carbons (Fsp3) is 0.167. The molecule has 44 heavy (non-hydrogen) atoms. The van der Waals surface area contributed by atoms with Gasteiger partial charge in [-0.15, -0.1) is 5.10 Å². The van der Waals surface area contributed by atoms with Crippen molar-refractivity contribution in [3.8, 4) is 16.9 Å². The Morgan fingerprint density at radius 1 is 1.14 bits per heavy atom. The number of halogens is 3. The lowest BCUT2D eigenvalue weighted by atomic mass is 10.1. The van der Waals surface area contributed by atoms with Crippen LogP contribution in [-0.2, 0) is 22.4 Å². The van der Waals surface area contributed by atoms with Gasteiger partial charge in [-0.3, -0.25) is 14.6 Å². The Balaban J connectivity index is 1.36. The van der Waals surface area contributed by atoms with Crippen LogP contribution in [0.4, 0.5) is 14.5 Å². The molecule has 4 bridgehead atoms. The first-order valence-corrected chi connectivity index (χ1v) is 13.9. The van der Waals surface area contributed by atoms with E-state index in [4.69, 9.17) is 16.6 Å². The zero-order chi connectivity index (χ0) is 30.8. The summed E-state index contributed by atoms with van der Waals surface area (Å²) in [5, 5.41) is 16.6. The van der Waals surface area contributed by atoms with Crippen LogP contribution in [0, 0.1) is 18.6 Å². The van der Waals surface area contributed by atoms with E-state index in [1.54, 1.807) is 6.20 Å². The number of aryl methyl sites for hydroxylation is 2. The van der Waals surface area contributed by atoms with E-state index in [-0.39, 0.29) is 47.1 Å². The second-order valence-electron chi connectivity index (χ2n) is 10.1. The number of tetrazole rings is 1. The highest BCUT2D eigenvalue weighted by atomic mass is 35.5. The van der Waals surface area contributed by atoms with Crippen LogP contribution in [0.2, 0.25) is 5.02 Å². The normalized spacial score (nSPS) is 15.0. The minimum Gasteiger partial charge on any atom is -0.346 e. The third kappa shape index (κ3) is 6.08. The Morgan fingerprint density at radius 2 is 2.00 bits per heavy atom. The highest BCUT2D eigenvalue weighted by molar-refractivity contribution is 6.31. The maximum Gasteiger partial charge on any atom is 0.244 e. The highest BCUT2D eigenvalue weighted by Gasteiger charge is 2.22. The lowest BCUT2D eigenvalue weighted by Crippen LogP contribution is -2.29. The van der Waals surface area contributed by atoms with E-state index < -0.39 is 23.6 Å². The lowest BCUT2D eigenvalue weighted by Gasteiger charge is -2.17. The summed E-state index contributed by atoms with van der Waals surface area (Å²) in [6, 6.07) is 10.5. The van der Waals surface area contributed by atoms with E-state index >= 15 is 4.39 Å². The second-order valence-corrected chi connectivity index (χ2v) is 10.6. The number of aromatic nitrogens is 7. The van der Waals surface area contributed by atoms with Crippen molar-refractivity contribution in [3.05, 3.63) is 106 Å². The molecule has 6 rings (SSSR count). The van der Waals surface area contributed by atoms with E-state index in [2.05, 4.69) is 36.1 Å². The predicted molar refractivity (Wildman–Crippen MR) is 158 cm³/mol. The van der Waals surface area contributed by atoms with Gasteiger partial charge in [0, 0.05) is 48.4 Å². The molecule has 0 fully saturated rings. The number of rotatable bonds is 4. The number of imidazole rings is 1. The van der Waals surface area contributed by atoms with Crippen molar-refractivity contribution in [1.82, 2.24) is 40.5 Å². The summed E-state index contributed by atoms with van der Waals surface area (Å²) in [6.45, 7) is 1.90. The first kappa shape index (κ1) is 28.8. The number of anilines is 1. The van der Waals surface area contributed by atoms with Gasteiger partial charge in [0.1, 0.15) is 18.0 Å². The van der Waals surface area contributed by atoms with Crippen molar-refractivity contribution in [1.29, 1.82) is 0 Å². The summed E-state index contributed by atoms with van der Waals surface area (Å²) < 4.78 is 30.9. The number of benzene rings is 2. The molecule has 1 aliphatic heterocycles. The van der Waals surface area contributed by atoms with Gasteiger partial charge in [-0.05, 0) is 59.3 Å². The number of fused-ring (bicyclic) bond motifs is 6. The Morgan fingerprint density at radius 3 is 2.82 bits per heavy atom. The molecular weight excluding hydrogens is 592 g/mol. The van der Waals surface area contributed by atoms with Crippen LogP contribution in [0.1, 0.15) is 40.8 Å². The van der Waals surface area contributed by atoms with E-state index in [1.165, 1.54) is 41.4 Å². The number of H-pyrrole nitrogens is 1. The van der Waals surface area contributed by atoms with E-state index in [0.717, 1.165) is 11.6 Å². The molecule has 1 atom stereocenters. The monoisotopic (exact) mass is 615 g/mol. The maximum atomic E-state index is 15.0. The fourth-order valence-corrected chi connectivity index (χ4v) is 5.06. The number of nitrogens with one attached hydrogen (secondary N) is 3. The lowest BCUT2D eigenvalue weighted by molar-refractivity contribution is -0.117. The highest BCUT2D eigenvalue weighted by Crippen LogP contribution is 2.30. The molecule has 0 aliphatic carbocycles. The number of carbonyl (C=O) groups excluding carboxylic acids is 2. The topological polar surface area (TPSA) is 143 Å². The van der Waals surface area contributed by atoms with Crippen LogP contribution in [0.3, 0.4) is 0 Å². The molecule has 3 N–H and O–H groups in total. The zero-order valence-corrected chi connectivity index (χ0v) is 23.9. The van der Waals surface area contributed by atoms with Crippen molar-refractivity contribution >= 4 is 35.2 Å². The molecule has 5 aromatic rings. The standard InChI is InChI=1S/C30H24ClF2N9O2/c1-16-2-4-18-23(12-16)37-28(44)11-8-22-21(32)7-3-17(36-22)13-24(30-34-14-25(18)39-30)38-27(43)10-5-19-26(42-15-35-40-41-42)9-6-20(31)29(19)33/h2-7,9-10,12,14-15,24H,8,11,13H2,1H3,(H,34,39)(H,37,44)(H,38,43)/b10-5+. The molecule has 222 valence electrons. The first-order valence-electron chi connectivity index (χ1n) is 13.6. The average Bonchev–Trinajstić information content (AvgIpc) is 3.71. The maximum absolute atomic E-state index is 15.0. The van der Waals surface area contributed by atoms with Gasteiger partial charge >= 0.3 is 0 Å². The number of carbonyl (C=O) groups is 2.